The number of aromatic nitrogens is 2. The summed E-state index contributed by atoms with van der Waals surface area (Å²) in [5.74, 6) is 0.587. The topological polar surface area (TPSA) is 105 Å². The van der Waals surface area contributed by atoms with Crippen molar-refractivity contribution in [3.05, 3.63) is 15.9 Å². The number of likely N-dealkylation sites (N-methyl/N-ethyl adjacent to an activating group) is 1. The molecule has 2 heterocycles. The molecule has 9 nitrogen and oxygen atoms in total. The van der Waals surface area contributed by atoms with E-state index in [9.17, 15) is 14.9 Å². The molecule has 1 amide bonds. The first-order valence-corrected chi connectivity index (χ1v) is 6.90. The Morgan fingerprint density at radius 3 is 2.95 bits per heavy atom. The summed E-state index contributed by atoms with van der Waals surface area (Å²) in [6, 6.07) is -0.479. The van der Waals surface area contributed by atoms with Crippen LogP contribution in [0, 0.1) is 17.0 Å². The van der Waals surface area contributed by atoms with Crippen LogP contribution in [0.4, 0.5) is 11.6 Å². The zero-order chi connectivity index (χ0) is 15.6. The predicted molar refractivity (Wildman–Crippen MR) is 77.3 cm³/mol. The third kappa shape index (κ3) is 2.82. The summed E-state index contributed by atoms with van der Waals surface area (Å²) >= 11 is 0. The fraction of sp³-hybridized carbons (Fsp3) is 0.667. The Hall–Kier alpha value is -2.16. The molecule has 1 fully saturated rings. The maximum Gasteiger partial charge on any atom is 0.406 e. The van der Waals surface area contributed by atoms with Crippen LogP contribution in [-0.2, 0) is 11.8 Å². The Morgan fingerprint density at radius 1 is 1.62 bits per heavy atom. The van der Waals surface area contributed by atoms with Crippen LogP contribution in [0.15, 0.2) is 0 Å². The molecule has 0 aromatic carbocycles. The van der Waals surface area contributed by atoms with Gasteiger partial charge in [-0.05, 0) is 16.8 Å². The third-order valence-corrected chi connectivity index (χ3v) is 3.61. The van der Waals surface area contributed by atoms with Gasteiger partial charge in [0.1, 0.15) is 6.04 Å². The van der Waals surface area contributed by atoms with Crippen molar-refractivity contribution in [1.29, 1.82) is 0 Å². The fourth-order valence-electron chi connectivity index (χ4n) is 2.51. The zero-order valence-corrected chi connectivity index (χ0v) is 12.4. The first kappa shape index (κ1) is 15.2. The maximum absolute atomic E-state index is 12.2. The summed E-state index contributed by atoms with van der Waals surface area (Å²) in [4.78, 5) is 28.7. The van der Waals surface area contributed by atoms with E-state index in [2.05, 4.69) is 15.6 Å². The van der Waals surface area contributed by atoms with Crippen LogP contribution in [0.3, 0.4) is 0 Å². The van der Waals surface area contributed by atoms with Crippen molar-refractivity contribution in [3.63, 3.8) is 0 Å². The first-order valence-electron chi connectivity index (χ1n) is 6.90. The van der Waals surface area contributed by atoms with Gasteiger partial charge in [-0.2, -0.15) is 0 Å². The van der Waals surface area contributed by atoms with E-state index in [4.69, 9.17) is 0 Å². The Kier molecular flexibility index (Phi) is 4.41. The summed E-state index contributed by atoms with van der Waals surface area (Å²) in [7, 11) is 1.72. The van der Waals surface area contributed by atoms with Crippen molar-refractivity contribution in [1.82, 2.24) is 20.2 Å². The molecule has 1 aliphatic heterocycles. The van der Waals surface area contributed by atoms with Crippen LogP contribution in [0.5, 0.6) is 0 Å². The van der Waals surface area contributed by atoms with Crippen molar-refractivity contribution < 1.29 is 9.72 Å². The molecule has 1 aromatic heterocycles. The molecule has 1 aliphatic rings. The second-order valence-corrected chi connectivity index (χ2v) is 4.93. The molecule has 0 saturated carbocycles. The van der Waals surface area contributed by atoms with Gasteiger partial charge in [-0.25, -0.2) is 0 Å². The number of aryl methyl sites for hydroxylation is 1. The summed E-state index contributed by atoms with van der Waals surface area (Å²) in [5.41, 5.74) is 0. The number of carbonyl (C=O) groups excluding carboxylic acids is 1. The van der Waals surface area contributed by atoms with Crippen molar-refractivity contribution in [3.8, 4) is 0 Å². The highest BCUT2D eigenvalue weighted by atomic mass is 16.6. The number of anilines is 1. The molecule has 2 rings (SSSR count). The van der Waals surface area contributed by atoms with Crippen molar-refractivity contribution >= 4 is 17.5 Å². The third-order valence-electron chi connectivity index (χ3n) is 3.61. The second kappa shape index (κ2) is 6.08. The highest BCUT2D eigenvalue weighted by molar-refractivity contribution is 5.86. The van der Waals surface area contributed by atoms with Crippen LogP contribution < -0.4 is 15.5 Å². The van der Waals surface area contributed by atoms with E-state index in [1.54, 1.807) is 23.4 Å². The van der Waals surface area contributed by atoms with Gasteiger partial charge < -0.3 is 25.6 Å². The van der Waals surface area contributed by atoms with Gasteiger partial charge in [0.15, 0.2) is 0 Å². The molecule has 1 aromatic rings. The lowest BCUT2D eigenvalue weighted by molar-refractivity contribution is -0.388. The standard InChI is InChI=1S/C12H20N6O3/c1-4-14-11(19)9-7-13-5-6-17(9)12-10(18(20)21)15-8(2)16(12)3/h9,13H,4-7H2,1-3H3,(H,14,19). The number of amides is 1. The molecule has 116 valence electrons. The molecular formula is C12H20N6O3. The monoisotopic (exact) mass is 296 g/mol. The number of hydrogen-bond acceptors (Lipinski definition) is 6. The molecule has 0 spiro atoms. The smallest absolute Gasteiger partial charge is 0.358 e. The molecule has 0 bridgehead atoms. The summed E-state index contributed by atoms with van der Waals surface area (Å²) in [6.45, 7) is 5.71. The van der Waals surface area contributed by atoms with Gasteiger partial charge in [0.05, 0.1) is 0 Å². The molecule has 1 saturated heterocycles. The molecule has 2 N–H and O–H groups in total. The molecule has 0 radical (unpaired) electrons. The first-order chi connectivity index (χ1) is 9.97. The highest BCUT2D eigenvalue weighted by Gasteiger charge is 2.36. The molecule has 21 heavy (non-hydrogen) atoms. The van der Waals surface area contributed by atoms with E-state index in [0.717, 1.165) is 0 Å². The van der Waals surface area contributed by atoms with Crippen molar-refractivity contribution in [2.45, 2.75) is 19.9 Å². The Balaban J connectivity index is 2.42. The van der Waals surface area contributed by atoms with E-state index < -0.39 is 11.0 Å². The quantitative estimate of drug-likeness (QED) is 0.576. The van der Waals surface area contributed by atoms with E-state index in [-0.39, 0.29) is 11.7 Å². The van der Waals surface area contributed by atoms with Crippen molar-refractivity contribution in [2.75, 3.05) is 31.1 Å². The molecule has 1 atom stereocenters. The van der Waals surface area contributed by atoms with Crippen molar-refractivity contribution in [2.24, 2.45) is 7.05 Å². The van der Waals surface area contributed by atoms with E-state index >= 15 is 0 Å². The number of carbonyl (C=O) groups is 1. The van der Waals surface area contributed by atoms with Gasteiger partial charge in [-0.15, -0.1) is 0 Å². The summed E-state index contributed by atoms with van der Waals surface area (Å²) in [6.07, 6.45) is 0. The number of nitrogens with one attached hydrogen (secondary N) is 2. The maximum atomic E-state index is 12.2. The number of nitrogens with zero attached hydrogens (tertiary/aromatic N) is 4. The lowest BCUT2D eigenvalue weighted by atomic mass is 10.1. The Morgan fingerprint density at radius 2 is 2.33 bits per heavy atom. The Labute approximate surface area is 122 Å². The minimum absolute atomic E-state index is 0.141. The number of imidazole rings is 1. The van der Waals surface area contributed by atoms with Gasteiger partial charge in [0, 0.05) is 40.2 Å². The largest absolute Gasteiger partial charge is 0.406 e. The lowest BCUT2D eigenvalue weighted by Gasteiger charge is -2.35. The minimum atomic E-state index is -0.501. The molecule has 9 heteroatoms. The van der Waals surface area contributed by atoms with Gasteiger partial charge >= 0.3 is 5.82 Å². The van der Waals surface area contributed by atoms with Gasteiger partial charge in [0.2, 0.25) is 17.5 Å². The molecule has 0 aliphatic carbocycles. The minimum Gasteiger partial charge on any atom is -0.358 e. The molecule has 1 unspecified atom stereocenters. The Bertz CT molecular complexity index is 555. The number of nitro groups is 1. The predicted octanol–water partition coefficient (Wildman–Crippen LogP) is -0.449. The fourth-order valence-corrected chi connectivity index (χ4v) is 2.51. The average molecular weight is 296 g/mol. The van der Waals surface area contributed by atoms with E-state index in [1.165, 1.54) is 0 Å². The van der Waals surface area contributed by atoms with E-state index in [0.29, 0.717) is 37.8 Å². The van der Waals surface area contributed by atoms with E-state index in [1.807, 2.05) is 6.92 Å². The number of hydrogen-bond donors (Lipinski definition) is 2. The van der Waals surface area contributed by atoms with Crippen LogP contribution in [-0.4, -0.2) is 52.6 Å². The van der Waals surface area contributed by atoms with Crippen LogP contribution in [0.1, 0.15) is 12.7 Å². The van der Waals surface area contributed by atoms with Gasteiger partial charge in [-0.3, -0.25) is 9.36 Å². The SMILES string of the molecule is CCNC(=O)C1CNCCN1c1c([N+](=O)[O-])nc(C)n1C. The summed E-state index contributed by atoms with van der Waals surface area (Å²) in [5, 5.41) is 17.1. The lowest BCUT2D eigenvalue weighted by Crippen LogP contribution is -2.58. The van der Waals surface area contributed by atoms with Gasteiger partial charge in [0.25, 0.3) is 0 Å². The normalized spacial score (nSPS) is 18.6. The summed E-state index contributed by atoms with van der Waals surface area (Å²) < 4.78 is 1.66. The number of piperazine rings is 1. The van der Waals surface area contributed by atoms with Crippen LogP contribution in [0.25, 0.3) is 0 Å². The number of rotatable bonds is 4. The average Bonchev–Trinajstić information content (AvgIpc) is 2.75. The second-order valence-electron chi connectivity index (χ2n) is 4.93. The zero-order valence-electron chi connectivity index (χ0n) is 12.4. The highest BCUT2D eigenvalue weighted by Crippen LogP contribution is 2.30. The van der Waals surface area contributed by atoms with Crippen LogP contribution >= 0.6 is 0 Å². The van der Waals surface area contributed by atoms with Crippen LogP contribution in [0.2, 0.25) is 0 Å². The molecular weight excluding hydrogens is 276 g/mol. The van der Waals surface area contributed by atoms with Gasteiger partial charge in [-0.1, -0.05) is 0 Å².